The van der Waals surface area contributed by atoms with E-state index in [1.165, 1.54) is 80.7 Å². The second-order valence-electron chi connectivity index (χ2n) is 13.9. The average molecular weight is 809 g/mol. The normalized spacial score (nSPS) is 11.5. The molecule has 7 N–H and O–H groups in total. The molecule has 0 saturated carbocycles. The number of carbonyl (C=O) groups is 6. The summed E-state index contributed by atoms with van der Waals surface area (Å²) in [5.41, 5.74) is 2.68. The standard InChI is InChI=1S/C46H40N4O10/c1-5-6-31(23-40(53)38-18-9-29(24-47-38)22-39(52)25(2)21-28-7-14-33(51)15-8-28)44(57)48-32-12-10-30(11-13-32)43(56)49-36-19-16-34(41(54)26(36)3)45(58)50-37-20-17-35(46(59)60)42(55)27(37)4/h1,7-21,24,31,51,54-55H,6,22-23H2,2-4H3,(H,48,57)(H,49,56)(H,50,58)(H,59,60)/b25-21+. The monoisotopic (exact) mass is 808 g/mol. The first-order valence-corrected chi connectivity index (χ1v) is 18.4. The SMILES string of the molecule is C#CCC(CC(=O)c1ccc(CC(=O)/C(C)=C/c2ccc(O)cc2)cn1)C(=O)Nc1ccc(C(=O)Nc2ccc(C(=O)Nc3ccc(C(=O)O)c(O)c3C)c(O)c2C)cc1. The first-order chi connectivity index (χ1) is 28.6. The first-order valence-electron chi connectivity index (χ1n) is 18.4. The Balaban J connectivity index is 1.16. The highest BCUT2D eigenvalue weighted by Crippen LogP contribution is 2.33. The van der Waals surface area contributed by atoms with Gasteiger partial charge in [0, 0.05) is 59.2 Å². The molecular formula is C46H40N4O10. The van der Waals surface area contributed by atoms with Gasteiger partial charge in [-0.1, -0.05) is 18.2 Å². The van der Waals surface area contributed by atoms with Crippen molar-refractivity contribution >= 4 is 58.4 Å². The van der Waals surface area contributed by atoms with Crippen LogP contribution >= 0.6 is 0 Å². The number of Topliss-reactive ketones (excluding diaryl/α,β-unsaturated/α-hetero) is 2. The highest BCUT2D eigenvalue weighted by atomic mass is 16.4. The molecule has 0 aliphatic carbocycles. The van der Waals surface area contributed by atoms with Gasteiger partial charge < -0.3 is 36.4 Å². The van der Waals surface area contributed by atoms with Crippen LogP contribution in [0.1, 0.15) is 83.6 Å². The van der Waals surface area contributed by atoms with Crippen molar-refractivity contribution < 1.29 is 49.2 Å². The number of phenolic OH excluding ortho intramolecular Hbond substituents is 2. The number of nitrogens with zero attached hydrogens (tertiary/aromatic N) is 1. The predicted octanol–water partition coefficient (Wildman–Crippen LogP) is 7.08. The molecule has 5 aromatic rings. The van der Waals surface area contributed by atoms with Crippen LogP contribution in [0.2, 0.25) is 0 Å². The molecule has 1 aromatic heterocycles. The molecule has 4 aromatic carbocycles. The largest absolute Gasteiger partial charge is 0.508 e. The quantitative estimate of drug-likeness (QED) is 0.0321. The van der Waals surface area contributed by atoms with Crippen LogP contribution < -0.4 is 16.0 Å². The van der Waals surface area contributed by atoms with Crippen LogP contribution in [0, 0.1) is 32.1 Å². The number of phenols is 3. The Hall–Kier alpha value is -8.05. The Bertz CT molecular complexity index is 2570. The summed E-state index contributed by atoms with van der Waals surface area (Å²) in [6, 6.07) is 20.6. The van der Waals surface area contributed by atoms with E-state index in [0.717, 1.165) is 11.6 Å². The number of terminal acetylenes is 1. The van der Waals surface area contributed by atoms with Crippen LogP contribution in [0.5, 0.6) is 17.2 Å². The van der Waals surface area contributed by atoms with Crippen molar-refractivity contribution in [1.82, 2.24) is 4.98 Å². The smallest absolute Gasteiger partial charge is 0.339 e. The van der Waals surface area contributed by atoms with Gasteiger partial charge in [-0.3, -0.25) is 29.0 Å². The van der Waals surface area contributed by atoms with Gasteiger partial charge in [-0.25, -0.2) is 4.79 Å². The third-order valence-electron chi connectivity index (χ3n) is 9.61. The Labute approximate surface area is 344 Å². The lowest BCUT2D eigenvalue weighted by Crippen LogP contribution is -2.25. The number of aromatic hydroxyl groups is 3. The van der Waals surface area contributed by atoms with Gasteiger partial charge in [-0.05, 0) is 110 Å². The minimum absolute atomic E-state index is 0.0347. The van der Waals surface area contributed by atoms with Gasteiger partial charge >= 0.3 is 5.97 Å². The fraction of sp³-hybridized carbons (Fsp3) is 0.152. The van der Waals surface area contributed by atoms with Gasteiger partial charge in [0.25, 0.3) is 11.8 Å². The third kappa shape index (κ3) is 10.5. The van der Waals surface area contributed by atoms with E-state index in [-0.39, 0.29) is 75.7 Å². The van der Waals surface area contributed by atoms with Crippen molar-refractivity contribution in [3.05, 3.63) is 141 Å². The summed E-state index contributed by atoms with van der Waals surface area (Å²) in [4.78, 5) is 80.8. The van der Waals surface area contributed by atoms with E-state index in [9.17, 15) is 49.2 Å². The number of ketones is 2. The Morgan fingerprint density at radius 3 is 1.93 bits per heavy atom. The van der Waals surface area contributed by atoms with E-state index < -0.39 is 46.9 Å². The molecule has 1 heterocycles. The number of hydrogen-bond acceptors (Lipinski definition) is 10. The van der Waals surface area contributed by atoms with Crippen LogP contribution in [-0.4, -0.2) is 60.7 Å². The highest BCUT2D eigenvalue weighted by Gasteiger charge is 2.24. The van der Waals surface area contributed by atoms with Crippen molar-refractivity contribution in [2.45, 2.75) is 40.0 Å². The molecule has 0 saturated heterocycles. The average Bonchev–Trinajstić information content (AvgIpc) is 3.22. The lowest BCUT2D eigenvalue weighted by atomic mass is 9.96. The van der Waals surface area contributed by atoms with E-state index in [2.05, 4.69) is 26.9 Å². The molecule has 3 amide bonds. The summed E-state index contributed by atoms with van der Waals surface area (Å²) < 4.78 is 0. The van der Waals surface area contributed by atoms with Crippen LogP contribution in [-0.2, 0) is 16.0 Å². The van der Waals surface area contributed by atoms with Crippen molar-refractivity contribution in [2.24, 2.45) is 5.92 Å². The number of rotatable bonds is 15. The van der Waals surface area contributed by atoms with Crippen LogP contribution in [0.15, 0.2) is 96.7 Å². The maximum atomic E-state index is 13.2. The van der Waals surface area contributed by atoms with Gasteiger partial charge in [0.2, 0.25) is 5.91 Å². The number of nitrogens with one attached hydrogen (secondary N) is 3. The van der Waals surface area contributed by atoms with E-state index >= 15 is 0 Å². The number of anilines is 3. The number of hydrogen-bond donors (Lipinski definition) is 7. The number of benzene rings is 4. The van der Waals surface area contributed by atoms with Crippen LogP contribution in [0.4, 0.5) is 17.1 Å². The van der Waals surface area contributed by atoms with E-state index in [1.54, 1.807) is 31.2 Å². The summed E-state index contributed by atoms with van der Waals surface area (Å²) in [6.07, 6.45) is 8.47. The summed E-state index contributed by atoms with van der Waals surface area (Å²) in [5, 5.41) is 47.6. The molecular weight excluding hydrogens is 769 g/mol. The minimum Gasteiger partial charge on any atom is -0.508 e. The molecule has 0 fully saturated rings. The summed E-state index contributed by atoms with van der Waals surface area (Å²) in [5.74, 6) is -2.98. The molecule has 0 bridgehead atoms. The van der Waals surface area contributed by atoms with Gasteiger partial charge in [-0.2, -0.15) is 0 Å². The van der Waals surface area contributed by atoms with E-state index in [0.29, 0.717) is 16.8 Å². The van der Waals surface area contributed by atoms with Crippen LogP contribution in [0.25, 0.3) is 6.08 Å². The lowest BCUT2D eigenvalue weighted by Gasteiger charge is -2.15. The maximum Gasteiger partial charge on any atom is 0.339 e. The highest BCUT2D eigenvalue weighted by molar-refractivity contribution is 6.09. The number of pyridine rings is 1. The Kier molecular flexibility index (Phi) is 13.6. The van der Waals surface area contributed by atoms with Crippen molar-refractivity contribution in [2.75, 3.05) is 16.0 Å². The molecule has 304 valence electrons. The number of aromatic nitrogens is 1. The zero-order valence-corrected chi connectivity index (χ0v) is 32.7. The second kappa shape index (κ2) is 18.9. The van der Waals surface area contributed by atoms with Crippen molar-refractivity contribution in [3.63, 3.8) is 0 Å². The number of carboxylic acid groups (broad SMARTS) is 1. The molecule has 0 radical (unpaired) electrons. The maximum absolute atomic E-state index is 13.2. The van der Waals surface area contributed by atoms with E-state index in [4.69, 9.17) is 6.42 Å². The predicted molar refractivity (Wildman–Crippen MR) is 224 cm³/mol. The third-order valence-corrected chi connectivity index (χ3v) is 9.61. The lowest BCUT2D eigenvalue weighted by molar-refractivity contribution is -0.119. The van der Waals surface area contributed by atoms with Gasteiger partial charge in [-0.15, -0.1) is 12.3 Å². The zero-order valence-electron chi connectivity index (χ0n) is 32.7. The van der Waals surface area contributed by atoms with Gasteiger partial charge in [0.05, 0.1) is 11.5 Å². The topological polar surface area (TPSA) is 232 Å². The number of carboxylic acids is 1. The number of aromatic carboxylic acids is 1. The van der Waals surface area contributed by atoms with E-state index in [1.807, 2.05) is 0 Å². The summed E-state index contributed by atoms with van der Waals surface area (Å²) in [7, 11) is 0. The summed E-state index contributed by atoms with van der Waals surface area (Å²) >= 11 is 0. The van der Waals surface area contributed by atoms with Crippen molar-refractivity contribution in [3.8, 4) is 29.6 Å². The number of carbonyl (C=O) groups excluding carboxylic acids is 5. The molecule has 0 spiro atoms. The second-order valence-corrected chi connectivity index (χ2v) is 13.9. The molecule has 14 nitrogen and oxygen atoms in total. The Morgan fingerprint density at radius 2 is 1.35 bits per heavy atom. The molecule has 5 rings (SSSR count). The Morgan fingerprint density at radius 1 is 0.750 bits per heavy atom. The molecule has 0 aliphatic rings. The fourth-order valence-corrected chi connectivity index (χ4v) is 6.01. The van der Waals surface area contributed by atoms with Crippen LogP contribution in [0.3, 0.4) is 0 Å². The van der Waals surface area contributed by atoms with Crippen molar-refractivity contribution in [1.29, 1.82) is 0 Å². The molecule has 1 atom stereocenters. The number of amides is 3. The molecule has 1 unspecified atom stereocenters. The molecule has 60 heavy (non-hydrogen) atoms. The molecule has 0 aliphatic heterocycles. The fourth-order valence-electron chi connectivity index (χ4n) is 6.01. The van der Waals surface area contributed by atoms with Gasteiger partial charge in [0.1, 0.15) is 28.5 Å². The molecule has 14 heteroatoms. The number of allylic oxidation sites excluding steroid dienone is 1. The minimum atomic E-state index is -1.34. The van der Waals surface area contributed by atoms with Gasteiger partial charge in [0.15, 0.2) is 11.6 Å². The zero-order chi connectivity index (χ0) is 43.7. The first kappa shape index (κ1) is 43.1. The summed E-state index contributed by atoms with van der Waals surface area (Å²) in [6.45, 7) is 4.61.